The summed E-state index contributed by atoms with van der Waals surface area (Å²) in [5, 5.41) is 3.32. The van der Waals surface area contributed by atoms with Gasteiger partial charge in [0.15, 0.2) is 5.96 Å². The maximum Gasteiger partial charge on any atom is 0.307 e. The zero-order chi connectivity index (χ0) is 16.9. The first-order chi connectivity index (χ1) is 11.7. The van der Waals surface area contributed by atoms with Crippen LogP contribution < -0.4 is 5.32 Å². The molecule has 0 fully saturated rings. The van der Waals surface area contributed by atoms with E-state index in [1.807, 2.05) is 24.0 Å². The number of aromatic nitrogens is 2. The van der Waals surface area contributed by atoms with Gasteiger partial charge < -0.3 is 15.0 Å². The van der Waals surface area contributed by atoms with E-state index >= 15 is 0 Å². The zero-order valence-corrected chi connectivity index (χ0v) is 14.9. The summed E-state index contributed by atoms with van der Waals surface area (Å²) >= 11 is 3.58. The number of benzene rings is 1. The minimum Gasteiger partial charge on any atom is -0.466 e. The lowest BCUT2D eigenvalue weighted by atomic mass is 10.2. The Balaban J connectivity index is 1.71. The van der Waals surface area contributed by atoms with E-state index in [4.69, 9.17) is 4.74 Å². The third-order valence-electron chi connectivity index (χ3n) is 3.65. The molecule has 1 aromatic heterocycles. The number of guanidine groups is 1. The molecular formula is C16H18BrN5O2. The van der Waals surface area contributed by atoms with Gasteiger partial charge in [-0.05, 0) is 35.0 Å². The molecule has 2 heterocycles. The maximum absolute atomic E-state index is 11.5. The monoisotopic (exact) mass is 391 g/mol. The van der Waals surface area contributed by atoms with Crippen molar-refractivity contribution in [2.24, 2.45) is 4.99 Å². The van der Waals surface area contributed by atoms with Gasteiger partial charge in [0.2, 0.25) is 0 Å². The van der Waals surface area contributed by atoms with Gasteiger partial charge in [-0.15, -0.1) is 0 Å². The fourth-order valence-electron chi connectivity index (χ4n) is 2.50. The Morgan fingerprint density at radius 3 is 3.04 bits per heavy atom. The first-order valence-electron chi connectivity index (χ1n) is 7.80. The fraction of sp³-hybridized carbons (Fsp3) is 0.375. The van der Waals surface area contributed by atoms with Crippen molar-refractivity contribution in [3.05, 3.63) is 29.0 Å². The highest BCUT2D eigenvalue weighted by atomic mass is 79.9. The summed E-state index contributed by atoms with van der Waals surface area (Å²) in [5.41, 5.74) is 2.48. The number of hydrogen-bond acceptors (Lipinski definition) is 7. The number of nitrogens with zero attached hydrogens (tertiary/aromatic N) is 4. The highest BCUT2D eigenvalue weighted by Crippen LogP contribution is 2.29. The van der Waals surface area contributed by atoms with Crippen LogP contribution in [0.5, 0.6) is 0 Å². The molecule has 0 saturated heterocycles. The Morgan fingerprint density at radius 2 is 2.21 bits per heavy atom. The number of rotatable bonds is 5. The van der Waals surface area contributed by atoms with E-state index in [-0.39, 0.29) is 5.97 Å². The molecular weight excluding hydrogens is 374 g/mol. The molecule has 0 amide bonds. The molecule has 0 aliphatic carbocycles. The molecule has 1 aliphatic heterocycles. The molecule has 126 valence electrons. The van der Waals surface area contributed by atoms with Crippen molar-refractivity contribution >= 4 is 44.6 Å². The smallest absolute Gasteiger partial charge is 0.307 e. The van der Waals surface area contributed by atoms with Crippen LogP contribution in [0.3, 0.4) is 0 Å². The number of anilines is 1. The minimum atomic E-state index is -0.189. The summed E-state index contributed by atoms with van der Waals surface area (Å²) < 4.78 is 5.81. The van der Waals surface area contributed by atoms with Crippen molar-refractivity contribution in [3.8, 4) is 0 Å². The molecule has 0 spiro atoms. The van der Waals surface area contributed by atoms with Crippen molar-refractivity contribution in [3.63, 3.8) is 0 Å². The number of ether oxygens (including phenoxy) is 1. The Bertz CT molecular complexity index is 780. The molecule has 3 rings (SSSR count). The number of nitrogens with one attached hydrogen (secondary N) is 1. The number of carbonyl (C=O) groups is 1. The molecule has 0 atom stereocenters. The standard InChI is InChI=1S/C16H18BrN5O2/c1-2-24-13(23)5-9-22-10-8-20-16(22)21-11-3-4-12-15(14(11)17)19-7-6-18-12/h3-4,6-7H,2,5,8-10H2,1H3,(H,20,21). The molecule has 0 bridgehead atoms. The second kappa shape index (κ2) is 7.57. The van der Waals surface area contributed by atoms with Gasteiger partial charge in [0, 0.05) is 25.5 Å². The average molecular weight is 392 g/mol. The molecule has 24 heavy (non-hydrogen) atoms. The highest BCUT2D eigenvalue weighted by molar-refractivity contribution is 9.10. The molecule has 1 aromatic carbocycles. The minimum absolute atomic E-state index is 0.189. The van der Waals surface area contributed by atoms with Crippen molar-refractivity contribution in [2.75, 3.05) is 31.6 Å². The van der Waals surface area contributed by atoms with E-state index in [0.717, 1.165) is 33.7 Å². The summed E-state index contributed by atoms with van der Waals surface area (Å²) in [6.45, 7) is 4.28. The van der Waals surface area contributed by atoms with Gasteiger partial charge in [0.05, 0.1) is 35.2 Å². The number of fused-ring (bicyclic) bond motifs is 1. The maximum atomic E-state index is 11.5. The van der Waals surface area contributed by atoms with E-state index in [1.54, 1.807) is 12.4 Å². The van der Waals surface area contributed by atoms with Crippen LogP contribution in [-0.4, -0.2) is 53.0 Å². The number of carbonyl (C=O) groups excluding carboxylic acids is 1. The van der Waals surface area contributed by atoms with E-state index < -0.39 is 0 Å². The van der Waals surface area contributed by atoms with Crippen LogP contribution >= 0.6 is 15.9 Å². The third kappa shape index (κ3) is 3.64. The van der Waals surface area contributed by atoms with Gasteiger partial charge in [-0.3, -0.25) is 19.8 Å². The fourth-order valence-corrected chi connectivity index (χ4v) is 3.03. The van der Waals surface area contributed by atoms with Gasteiger partial charge >= 0.3 is 5.97 Å². The molecule has 1 aliphatic rings. The number of hydrogen-bond donors (Lipinski definition) is 1. The number of esters is 1. The van der Waals surface area contributed by atoms with Crippen molar-refractivity contribution in [1.82, 2.24) is 14.9 Å². The van der Waals surface area contributed by atoms with Gasteiger partial charge in [-0.25, -0.2) is 0 Å². The van der Waals surface area contributed by atoms with Crippen LogP contribution in [0.2, 0.25) is 0 Å². The normalized spacial score (nSPS) is 13.9. The Hall–Kier alpha value is -2.22. The van der Waals surface area contributed by atoms with Crippen LogP contribution in [0, 0.1) is 0 Å². The summed E-state index contributed by atoms with van der Waals surface area (Å²) in [4.78, 5) is 26.7. The van der Waals surface area contributed by atoms with Crippen LogP contribution in [0.1, 0.15) is 13.3 Å². The van der Waals surface area contributed by atoms with Gasteiger partial charge in [-0.1, -0.05) is 0 Å². The molecule has 0 saturated carbocycles. The SMILES string of the molecule is CCOC(=O)CCN1CCN=C1Nc1ccc2nccnc2c1Br. The predicted molar refractivity (Wildman–Crippen MR) is 96.0 cm³/mol. The summed E-state index contributed by atoms with van der Waals surface area (Å²) in [5.74, 6) is 0.564. The van der Waals surface area contributed by atoms with E-state index in [0.29, 0.717) is 26.1 Å². The lowest BCUT2D eigenvalue weighted by molar-refractivity contribution is -0.143. The van der Waals surface area contributed by atoms with Gasteiger partial charge in [0.1, 0.15) is 5.52 Å². The Labute approximate surface area is 148 Å². The van der Waals surface area contributed by atoms with Crippen LogP contribution in [0.15, 0.2) is 34.0 Å². The van der Waals surface area contributed by atoms with Gasteiger partial charge in [0.25, 0.3) is 0 Å². The quantitative estimate of drug-likeness (QED) is 0.788. The van der Waals surface area contributed by atoms with Gasteiger partial charge in [-0.2, -0.15) is 0 Å². The third-order valence-corrected chi connectivity index (χ3v) is 4.45. The molecule has 8 heteroatoms. The lowest BCUT2D eigenvalue weighted by Gasteiger charge is -2.21. The first-order valence-corrected chi connectivity index (χ1v) is 8.59. The van der Waals surface area contributed by atoms with Crippen LogP contribution in [0.25, 0.3) is 11.0 Å². The number of halogens is 1. The summed E-state index contributed by atoms with van der Waals surface area (Å²) in [6.07, 6.45) is 3.68. The van der Waals surface area contributed by atoms with E-state index in [9.17, 15) is 4.79 Å². The molecule has 0 unspecified atom stereocenters. The zero-order valence-electron chi connectivity index (χ0n) is 13.3. The van der Waals surface area contributed by atoms with Crippen molar-refractivity contribution < 1.29 is 9.53 Å². The predicted octanol–water partition coefficient (Wildman–Crippen LogP) is 2.43. The van der Waals surface area contributed by atoms with E-state index in [2.05, 4.69) is 36.2 Å². The summed E-state index contributed by atoms with van der Waals surface area (Å²) in [7, 11) is 0. The van der Waals surface area contributed by atoms with Crippen LogP contribution in [-0.2, 0) is 9.53 Å². The number of aliphatic imine (C=N–C) groups is 1. The molecule has 1 N–H and O–H groups in total. The second-order valence-corrected chi connectivity index (χ2v) is 6.02. The Kier molecular flexibility index (Phi) is 5.24. The van der Waals surface area contributed by atoms with Crippen molar-refractivity contribution in [1.29, 1.82) is 0 Å². The van der Waals surface area contributed by atoms with E-state index in [1.165, 1.54) is 0 Å². The van der Waals surface area contributed by atoms with Crippen LogP contribution in [0.4, 0.5) is 5.69 Å². The first kappa shape index (κ1) is 16.6. The van der Waals surface area contributed by atoms with Crippen molar-refractivity contribution in [2.45, 2.75) is 13.3 Å². The molecule has 0 radical (unpaired) electrons. The lowest BCUT2D eigenvalue weighted by Crippen LogP contribution is -2.35. The topological polar surface area (TPSA) is 79.7 Å². The summed E-state index contributed by atoms with van der Waals surface area (Å²) in [6, 6.07) is 3.85. The average Bonchev–Trinajstić information content (AvgIpc) is 3.03. The largest absolute Gasteiger partial charge is 0.466 e. The highest BCUT2D eigenvalue weighted by Gasteiger charge is 2.19. The molecule has 2 aromatic rings. The second-order valence-electron chi connectivity index (χ2n) is 5.22. The Morgan fingerprint density at radius 1 is 1.38 bits per heavy atom. The molecule has 7 nitrogen and oxygen atoms in total.